The highest BCUT2D eigenvalue weighted by atomic mass is 16.5. The monoisotopic (exact) mass is 416 g/mol. The molecular weight excluding hydrogens is 380 g/mol. The maximum Gasteiger partial charge on any atom is 0.329 e. The summed E-state index contributed by atoms with van der Waals surface area (Å²) in [6.07, 6.45) is 2.03. The Kier molecular flexibility index (Phi) is 6.88. The van der Waals surface area contributed by atoms with Gasteiger partial charge in [0.25, 0.3) is 5.91 Å². The number of rotatable bonds is 4. The van der Waals surface area contributed by atoms with Crippen LogP contribution >= 0.6 is 0 Å². The van der Waals surface area contributed by atoms with Gasteiger partial charge in [0.15, 0.2) is 0 Å². The normalized spacial score (nSPS) is 29.7. The molecule has 0 aromatic heterocycles. The Labute approximate surface area is 180 Å². The lowest BCUT2D eigenvalue weighted by molar-refractivity contribution is -0.162. The summed E-state index contributed by atoms with van der Waals surface area (Å²) in [5.74, 6) is -0.773. The molecule has 2 heterocycles. The fourth-order valence-electron chi connectivity index (χ4n) is 5.13. The Morgan fingerprint density at radius 2 is 1.93 bits per heavy atom. The third-order valence-electron chi connectivity index (χ3n) is 6.46. The van der Waals surface area contributed by atoms with Gasteiger partial charge in [0.1, 0.15) is 12.1 Å². The number of likely N-dealkylation sites (tertiary alicyclic amines) is 1. The summed E-state index contributed by atoms with van der Waals surface area (Å²) < 4.78 is 11.3. The molecule has 2 fully saturated rings. The second-order valence-corrected chi connectivity index (χ2v) is 9.57. The minimum Gasteiger partial charge on any atom is -0.464 e. The van der Waals surface area contributed by atoms with Crippen LogP contribution < -0.4 is 5.73 Å². The van der Waals surface area contributed by atoms with Crippen molar-refractivity contribution in [2.75, 3.05) is 13.2 Å². The number of hydrogen-bond donors (Lipinski definition) is 1. The fourth-order valence-corrected chi connectivity index (χ4v) is 5.13. The van der Waals surface area contributed by atoms with E-state index >= 15 is 0 Å². The minimum atomic E-state index is -0.734. The number of amides is 1. The van der Waals surface area contributed by atoms with Crippen LogP contribution in [0.4, 0.5) is 0 Å². The summed E-state index contributed by atoms with van der Waals surface area (Å²) >= 11 is 0. The van der Waals surface area contributed by atoms with Crippen molar-refractivity contribution in [3.63, 3.8) is 0 Å². The van der Waals surface area contributed by atoms with Gasteiger partial charge in [-0.2, -0.15) is 0 Å². The smallest absolute Gasteiger partial charge is 0.329 e. The number of ether oxygens (including phenoxy) is 2. The predicted octanol–water partition coefficient (Wildman–Crippen LogP) is 3.37. The number of carbonyl (C=O) groups is 2. The Morgan fingerprint density at radius 1 is 1.23 bits per heavy atom. The number of benzene rings is 1. The van der Waals surface area contributed by atoms with Crippen molar-refractivity contribution in [1.82, 2.24) is 4.90 Å². The van der Waals surface area contributed by atoms with Gasteiger partial charge in [0.2, 0.25) is 0 Å². The molecule has 166 valence electrons. The fraction of sp³-hybridized carbons (Fsp3) is 0.667. The van der Waals surface area contributed by atoms with E-state index in [1.165, 1.54) is 0 Å². The quantitative estimate of drug-likeness (QED) is 0.761. The van der Waals surface area contributed by atoms with Crippen LogP contribution in [0.2, 0.25) is 0 Å². The first kappa shape index (κ1) is 22.8. The third kappa shape index (κ3) is 4.26. The van der Waals surface area contributed by atoms with Crippen LogP contribution in [0.3, 0.4) is 0 Å². The van der Waals surface area contributed by atoms with E-state index in [9.17, 15) is 9.59 Å². The van der Waals surface area contributed by atoms with Crippen LogP contribution in [0.5, 0.6) is 0 Å². The number of hydrogen-bond acceptors (Lipinski definition) is 5. The van der Waals surface area contributed by atoms with Crippen molar-refractivity contribution < 1.29 is 19.1 Å². The van der Waals surface area contributed by atoms with Crippen LogP contribution in [-0.2, 0) is 19.1 Å². The molecule has 0 aliphatic carbocycles. The number of aryl methyl sites for hydroxylation is 1. The first-order valence-electron chi connectivity index (χ1n) is 11.1. The van der Waals surface area contributed by atoms with Crippen molar-refractivity contribution in [1.29, 1.82) is 0 Å². The zero-order chi connectivity index (χ0) is 22.1. The van der Waals surface area contributed by atoms with Crippen LogP contribution in [0.1, 0.15) is 64.1 Å². The molecule has 1 aromatic rings. The average Bonchev–Trinajstić information content (AvgIpc) is 3.02. The molecule has 30 heavy (non-hydrogen) atoms. The molecule has 0 saturated carbocycles. The first-order valence-corrected chi connectivity index (χ1v) is 11.1. The van der Waals surface area contributed by atoms with E-state index in [2.05, 4.69) is 20.8 Å². The maximum absolute atomic E-state index is 13.8. The molecule has 0 unspecified atom stereocenters. The Bertz CT molecular complexity index is 767. The Balaban J connectivity index is 2.13. The molecule has 6 nitrogen and oxygen atoms in total. The van der Waals surface area contributed by atoms with Gasteiger partial charge in [-0.25, -0.2) is 4.79 Å². The zero-order valence-corrected chi connectivity index (χ0v) is 18.9. The number of nitrogens with zero attached hydrogens (tertiary/aromatic N) is 1. The Hall–Kier alpha value is -1.92. The van der Waals surface area contributed by atoms with Gasteiger partial charge in [-0.15, -0.1) is 0 Å². The zero-order valence-electron chi connectivity index (χ0n) is 18.9. The van der Waals surface area contributed by atoms with Gasteiger partial charge < -0.3 is 20.1 Å². The van der Waals surface area contributed by atoms with Crippen LogP contribution in [-0.4, -0.2) is 48.2 Å². The lowest BCUT2D eigenvalue weighted by Gasteiger charge is -2.36. The molecule has 1 aromatic carbocycles. The van der Waals surface area contributed by atoms with E-state index in [1.807, 2.05) is 31.2 Å². The molecular formula is C24H36N2O4. The summed E-state index contributed by atoms with van der Waals surface area (Å²) in [5.41, 5.74) is 8.59. The van der Waals surface area contributed by atoms with Gasteiger partial charge in [0, 0.05) is 18.6 Å². The minimum absolute atomic E-state index is 0.150. The average molecular weight is 417 g/mol. The third-order valence-corrected chi connectivity index (χ3v) is 6.46. The van der Waals surface area contributed by atoms with Crippen LogP contribution in [0.15, 0.2) is 24.3 Å². The van der Waals surface area contributed by atoms with Crippen molar-refractivity contribution in [3.05, 3.63) is 35.4 Å². The predicted molar refractivity (Wildman–Crippen MR) is 116 cm³/mol. The lowest BCUT2D eigenvalue weighted by Crippen LogP contribution is -2.51. The first-order chi connectivity index (χ1) is 14.2. The topological polar surface area (TPSA) is 81.9 Å². The second-order valence-electron chi connectivity index (χ2n) is 9.57. The summed E-state index contributed by atoms with van der Waals surface area (Å²) in [6, 6.07) is 6.43. The molecule has 6 heteroatoms. The highest BCUT2D eigenvalue weighted by Gasteiger charge is 2.58. The summed E-state index contributed by atoms with van der Waals surface area (Å²) in [5, 5.41) is 0. The molecule has 0 radical (unpaired) electrons. The van der Waals surface area contributed by atoms with Crippen molar-refractivity contribution in [2.24, 2.45) is 17.1 Å². The highest BCUT2D eigenvalue weighted by Crippen LogP contribution is 2.48. The van der Waals surface area contributed by atoms with Crippen LogP contribution in [0, 0.1) is 18.3 Å². The van der Waals surface area contributed by atoms with Crippen LogP contribution in [0.25, 0.3) is 0 Å². The summed E-state index contributed by atoms with van der Waals surface area (Å²) in [7, 11) is 0. The van der Waals surface area contributed by atoms with E-state index in [1.54, 1.807) is 11.8 Å². The lowest BCUT2D eigenvalue weighted by atomic mass is 9.73. The molecule has 2 saturated heterocycles. The van der Waals surface area contributed by atoms with Gasteiger partial charge in [-0.05, 0) is 49.7 Å². The SMILES string of the molecule is CCOC(=O)[C@@H]1[C@@H](C(C)(C)C)[C@H](N)[C@H](c2ccccc2C)N1C(=O)[C@@H]1CCCCO1. The molecule has 2 N–H and O–H groups in total. The standard InChI is InChI=1S/C24H36N2O4/c1-6-29-23(28)21-18(24(3,4)5)19(25)20(16-12-8-7-11-15(16)2)26(21)22(27)17-13-9-10-14-30-17/h7-8,11-12,17-21H,6,9-10,13-14,25H2,1-5H3/t17-,18-,19-,20-,21-/m0/s1. The summed E-state index contributed by atoms with van der Waals surface area (Å²) in [6.45, 7) is 10.9. The van der Waals surface area contributed by atoms with E-state index in [4.69, 9.17) is 15.2 Å². The molecule has 1 amide bonds. The molecule has 5 atom stereocenters. The number of esters is 1. The second kappa shape index (κ2) is 9.06. The van der Waals surface area contributed by atoms with Gasteiger partial charge in [-0.3, -0.25) is 4.79 Å². The molecule has 3 rings (SSSR count). The largest absolute Gasteiger partial charge is 0.464 e. The summed E-state index contributed by atoms with van der Waals surface area (Å²) in [4.78, 5) is 28.7. The van der Waals surface area contributed by atoms with E-state index < -0.39 is 24.2 Å². The van der Waals surface area contributed by atoms with Gasteiger partial charge >= 0.3 is 5.97 Å². The molecule has 0 spiro atoms. The number of carbonyl (C=O) groups excluding carboxylic acids is 2. The van der Waals surface area contributed by atoms with Crippen molar-refractivity contribution in [2.45, 2.75) is 78.1 Å². The van der Waals surface area contributed by atoms with E-state index in [-0.39, 0.29) is 29.8 Å². The number of nitrogens with two attached hydrogens (primary N) is 1. The molecule has 0 bridgehead atoms. The molecule has 2 aliphatic rings. The molecule has 2 aliphatic heterocycles. The van der Waals surface area contributed by atoms with Crippen molar-refractivity contribution in [3.8, 4) is 0 Å². The van der Waals surface area contributed by atoms with Crippen molar-refractivity contribution >= 4 is 11.9 Å². The van der Waals surface area contributed by atoms with E-state index in [0.717, 1.165) is 24.0 Å². The highest BCUT2D eigenvalue weighted by molar-refractivity contribution is 5.89. The Morgan fingerprint density at radius 3 is 2.50 bits per heavy atom. The van der Waals surface area contributed by atoms with Gasteiger partial charge in [0.05, 0.1) is 12.6 Å². The van der Waals surface area contributed by atoms with Gasteiger partial charge in [-0.1, -0.05) is 45.0 Å². The van der Waals surface area contributed by atoms with E-state index in [0.29, 0.717) is 13.0 Å². The maximum atomic E-state index is 13.8.